The largest absolute Gasteiger partial charge is 0.326 e. The summed E-state index contributed by atoms with van der Waals surface area (Å²) >= 11 is 0. The van der Waals surface area contributed by atoms with E-state index >= 15 is 0 Å². The van der Waals surface area contributed by atoms with Crippen LogP contribution in [0, 0.1) is 17.0 Å². The second-order valence-corrected chi connectivity index (χ2v) is 3.79. The van der Waals surface area contributed by atoms with E-state index in [9.17, 15) is 19.7 Å². The molecule has 2 amide bonds. The first kappa shape index (κ1) is 13.6. The van der Waals surface area contributed by atoms with E-state index in [1.54, 1.807) is 0 Å². The van der Waals surface area contributed by atoms with Gasteiger partial charge in [-0.05, 0) is 13.0 Å². The molecule has 1 aromatic rings. The van der Waals surface area contributed by atoms with Crippen LogP contribution < -0.4 is 10.6 Å². The molecule has 18 heavy (non-hydrogen) atoms. The van der Waals surface area contributed by atoms with Gasteiger partial charge in [0.05, 0.1) is 16.2 Å². The Hall–Kier alpha value is -2.44. The molecule has 0 aliphatic heterocycles. The number of hydrogen-bond acceptors (Lipinski definition) is 4. The van der Waals surface area contributed by atoms with Gasteiger partial charge in [-0.3, -0.25) is 19.7 Å². The van der Waals surface area contributed by atoms with Crippen molar-refractivity contribution in [2.75, 3.05) is 10.6 Å². The third-order valence-corrected chi connectivity index (χ3v) is 2.21. The van der Waals surface area contributed by atoms with E-state index in [1.165, 1.54) is 32.9 Å². The molecule has 96 valence electrons. The van der Waals surface area contributed by atoms with Crippen molar-refractivity contribution in [3.63, 3.8) is 0 Å². The number of carbonyl (C=O) groups excluding carboxylic acids is 2. The normalized spacial score (nSPS) is 9.72. The van der Waals surface area contributed by atoms with Crippen LogP contribution in [0.15, 0.2) is 12.1 Å². The fourth-order valence-electron chi connectivity index (χ4n) is 1.48. The average molecular weight is 251 g/mol. The summed E-state index contributed by atoms with van der Waals surface area (Å²) in [6.45, 7) is 4.13. The lowest BCUT2D eigenvalue weighted by Crippen LogP contribution is -2.11. The molecule has 1 aromatic carbocycles. The number of hydrogen-bond donors (Lipinski definition) is 2. The second kappa shape index (κ2) is 5.26. The topological polar surface area (TPSA) is 101 Å². The van der Waals surface area contributed by atoms with Gasteiger partial charge in [0, 0.05) is 25.6 Å². The zero-order chi connectivity index (χ0) is 13.9. The average Bonchev–Trinajstić information content (AvgIpc) is 2.20. The van der Waals surface area contributed by atoms with Crippen molar-refractivity contribution in [3.8, 4) is 0 Å². The van der Waals surface area contributed by atoms with Crippen LogP contribution in [0.2, 0.25) is 0 Å². The Morgan fingerprint density at radius 3 is 2.17 bits per heavy atom. The highest BCUT2D eigenvalue weighted by molar-refractivity contribution is 5.94. The summed E-state index contributed by atoms with van der Waals surface area (Å²) in [4.78, 5) is 32.3. The monoisotopic (exact) mass is 251 g/mol. The number of carbonyl (C=O) groups is 2. The molecule has 0 aliphatic carbocycles. The first-order valence-corrected chi connectivity index (χ1v) is 5.15. The van der Waals surface area contributed by atoms with Gasteiger partial charge in [-0.15, -0.1) is 0 Å². The highest BCUT2D eigenvalue weighted by atomic mass is 16.6. The summed E-state index contributed by atoms with van der Waals surface area (Å²) < 4.78 is 0. The first-order valence-electron chi connectivity index (χ1n) is 5.15. The lowest BCUT2D eigenvalue weighted by Gasteiger charge is -2.10. The van der Waals surface area contributed by atoms with Crippen molar-refractivity contribution in [1.29, 1.82) is 0 Å². The fraction of sp³-hybridized carbons (Fsp3) is 0.273. The second-order valence-electron chi connectivity index (χ2n) is 3.79. The van der Waals surface area contributed by atoms with Gasteiger partial charge in [0.25, 0.3) is 5.69 Å². The molecule has 7 nitrogen and oxygen atoms in total. The summed E-state index contributed by atoms with van der Waals surface area (Å²) in [5.74, 6) is -0.686. The molecule has 0 heterocycles. The van der Waals surface area contributed by atoms with E-state index < -0.39 is 4.92 Å². The minimum absolute atomic E-state index is 0.162. The zero-order valence-electron chi connectivity index (χ0n) is 10.2. The molecule has 0 bridgehead atoms. The molecule has 0 aliphatic rings. The molecular weight excluding hydrogens is 238 g/mol. The lowest BCUT2D eigenvalue weighted by molar-refractivity contribution is -0.385. The molecule has 1 rings (SSSR count). The minimum atomic E-state index is -0.564. The number of nitro groups is 1. The SMILES string of the molecule is CC(=O)Nc1cc(NC(C)=O)c(C)c([N+](=O)[O-])c1. The number of nitro benzene ring substituents is 1. The third kappa shape index (κ3) is 3.27. The van der Waals surface area contributed by atoms with Crippen LogP contribution in [0.1, 0.15) is 19.4 Å². The minimum Gasteiger partial charge on any atom is -0.326 e. The molecule has 0 fully saturated rings. The number of nitrogens with one attached hydrogen (secondary N) is 2. The Kier molecular flexibility index (Phi) is 3.98. The number of amides is 2. The van der Waals surface area contributed by atoms with E-state index in [0.717, 1.165) is 0 Å². The maximum atomic E-state index is 11.0. The molecule has 0 radical (unpaired) electrons. The Morgan fingerprint density at radius 2 is 1.72 bits per heavy atom. The molecule has 0 unspecified atom stereocenters. The van der Waals surface area contributed by atoms with E-state index in [2.05, 4.69) is 10.6 Å². The van der Waals surface area contributed by atoms with E-state index in [0.29, 0.717) is 11.3 Å². The van der Waals surface area contributed by atoms with Crippen LogP contribution in [0.4, 0.5) is 17.1 Å². The predicted octanol–water partition coefficient (Wildman–Crippen LogP) is 1.82. The zero-order valence-corrected chi connectivity index (χ0v) is 10.2. The number of benzene rings is 1. The van der Waals surface area contributed by atoms with Gasteiger partial charge < -0.3 is 10.6 Å². The molecule has 0 spiro atoms. The highest BCUT2D eigenvalue weighted by Gasteiger charge is 2.17. The van der Waals surface area contributed by atoms with Gasteiger partial charge in [0.15, 0.2) is 0 Å². The Labute approximate surface area is 103 Å². The van der Waals surface area contributed by atoms with Gasteiger partial charge >= 0.3 is 0 Å². The van der Waals surface area contributed by atoms with Gasteiger partial charge in [-0.25, -0.2) is 0 Å². The van der Waals surface area contributed by atoms with Crippen molar-refractivity contribution in [2.24, 2.45) is 0 Å². The highest BCUT2D eigenvalue weighted by Crippen LogP contribution is 2.30. The maximum Gasteiger partial charge on any atom is 0.276 e. The van der Waals surface area contributed by atoms with Crippen molar-refractivity contribution >= 4 is 28.9 Å². The smallest absolute Gasteiger partial charge is 0.276 e. The van der Waals surface area contributed by atoms with Crippen LogP contribution >= 0.6 is 0 Å². The maximum absolute atomic E-state index is 11.0. The van der Waals surface area contributed by atoms with E-state index in [-0.39, 0.29) is 23.2 Å². The third-order valence-electron chi connectivity index (χ3n) is 2.21. The first-order chi connectivity index (χ1) is 8.31. The molecule has 2 N–H and O–H groups in total. The number of nitrogens with zero attached hydrogens (tertiary/aromatic N) is 1. The van der Waals surface area contributed by atoms with E-state index in [4.69, 9.17) is 0 Å². The van der Waals surface area contributed by atoms with Gasteiger partial charge in [0.2, 0.25) is 11.8 Å². The molecule has 7 heteroatoms. The molecule has 0 aromatic heterocycles. The van der Waals surface area contributed by atoms with Crippen LogP contribution in [-0.2, 0) is 9.59 Å². The number of rotatable bonds is 3. The Bertz CT molecular complexity index is 525. The quantitative estimate of drug-likeness (QED) is 0.631. The van der Waals surface area contributed by atoms with Crippen molar-refractivity contribution in [1.82, 2.24) is 0 Å². The summed E-state index contributed by atoms with van der Waals surface area (Å²) in [5, 5.41) is 15.8. The van der Waals surface area contributed by atoms with Crippen molar-refractivity contribution in [2.45, 2.75) is 20.8 Å². The summed E-state index contributed by atoms with van der Waals surface area (Å²) in [5.41, 5.74) is 0.748. The molecule has 0 saturated heterocycles. The van der Waals surface area contributed by atoms with Crippen LogP contribution in [0.25, 0.3) is 0 Å². The van der Waals surface area contributed by atoms with Crippen LogP contribution in [-0.4, -0.2) is 16.7 Å². The molecule has 0 saturated carbocycles. The van der Waals surface area contributed by atoms with E-state index in [1.807, 2.05) is 0 Å². The summed E-state index contributed by atoms with van der Waals surface area (Å²) in [6, 6.07) is 2.73. The number of anilines is 2. The lowest BCUT2D eigenvalue weighted by atomic mass is 10.1. The van der Waals surface area contributed by atoms with Gasteiger partial charge in [-0.1, -0.05) is 0 Å². The molecular formula is C11H13N3O4. The summed E-state index contributed by atoms with van der Waals surface area (Å²) in [7, 11) is 0. The predicted molar refractivity (Wildman–Crippen MR) is 66.4 cm³/mol. The molecule has 0 atom stereocenters. The van der Waals surface area contributed by atoms with Gasteiger partial charge in [-0.2, -0.15) is 0 Å². The van der Waals surface area contributed by atoms with Gasteiger partial charge in [0.1, 0.15) is 0 Å². The summed E-state index contributed by atoms with van der Waals surface area (Å²) in [6.07, 6.45) is 0. The van der Waals surface area contributed by atoms with Crippen molar-refractivity contribution < 1.29 is 14.5 Å². The standard InChI is InChI=1S/C11H13N3O4/c1-6-10(13-8(3)16)4-9(12-7(2)15)5-11(6)14(17)18/h4-5H,1-3H3,(H,12,15)(H,13,16). The van der Waals surface area contributed by atoms with Crippen LogP contribution in [0.5, 0.6) is 0 Å². The van der Waals surface area contributed by atoms with Crippen LogP contribution in [0.3, 0.4) is 0 Å². The fourth-order valence-corrected chi connectivity index (χ4v) is 1.48. The van der Waals surface area contributed by atoms with Crippen molar-refractivity contribution in [3.05, 3.63) is 27.8 Å². The Balaban J connectivity index is 3.31. The Morgan fingerprint density at radius 1 is 1.17 bits per heavy atom.